The first-order valence-corrected chi connectivity index (χ1v) is 9.67. The third-order valence-corrected chi connectivity index (χ3v) is 4.94. The fourth-order valence-electron chi connectivity index (χ4n) is 2.63. The Morgan fingerprint density at radius 1 is 0.963 bits per heavy atom. The molecular formula is C22H21FINO2. The Labute approximate surface area is 172 Å². The minimum absolute atomic E-state index is 0.244. The number of hydrogen-bond acceptors (Lipinski definition) is 3. The van der Waals surface area contributed by atoms with Crippen LogP contribution in [0.2, 0.25) is 0 Å². The topological polar surface area (TPSA) is 30.5 Å². The maximum atomic E-state index is 13.0. The molecule has 3 rings (SSSR count). The second-order valence-electron chi connectivity index (χ2n) is 6.24. The number of methoxy groups -OCH3 is 1. The molecule has 0 aliphatic carbocycles. The Morgan fingerprint density at radius 2 is 1.67 bits per heavy atom. The van der Waals surface area contributed by atoms with Crippen molar-refractivity contribution in [2.24, 2.45) is 0 Å². The van der Waals surface area contributed by atoms with E-state index in [4.69, 9.17) is 9.47 Å². The Bertz CT molecular complexity index is 895. The van der Waals surface area contributed by atoms with Crippen LogP contribution in [0.3, 0.4) is 0 Å². The summed E-state index contributed by atoms with van der Waals surface area (Å²) in [5.41, 5.74) is 4.26. The zero-order valence-electron chi connectivity index (χ0n) is 15.3. The smallest absolute Gasteiger partial charge is 0.174 e. The van der Waals surface area contributed by atoms with Crippen LogP contribution in [0.4, 0.5) is 10.1 Å². The summed E-state index contributed by atoms with van der Waals surface area (Å²) in [7, 11) is 1.64. The van der Waals surface area contributed by atoms with Crippen molar-refractivity contribution in [3.05, 3.63) is 86.7 Å². The highest BCUT2D eigenvalue weighted by Gasteiger charge is 2.12. The van der Waals surface area contributed by atoms with E-state index in [1.54, 1.807) is 19.2 Å². The summed E-state index contributed by atoms with van der Waals surface area (Å²) < 4.78 is 25.5. The lowest BCUT2D eigenvalue weighted by Crippen LogP contribution is -2.03. The average Bonchev–Trinajstić information content (AvgIpc) is 2.67. The summed E-state index contributed by atoms with van der Waals surface area (Å²) in [6.07, 6.45) is 0. The highest BCUT2D eigenvalue weighted by atomic mass is 127. The minimum atomic E-state index is -0.244. The maximum Gasteiger partial charge on any atom is 0.174 e. The zero-order chi connectivity index (χ0) is 19.2. The first-order valence-electron chi connectivity index (χ1n) is 8.59. The van der Waals surface area contributed by atoms with Crippen LogP contribution in [0.25, 0.3) is 0 Å². The molecule has 0 aliphatic heterocycles. The SMILES string of the molecule is COc1cc(CNc2ccc(F)cc2)cc(I)c1OCc1ccc(C)cc1. The number of anilines is 1. The summed E-state index contributed by atoms with van der Waals surface area (Å²) in [6, 6.07) is 18.6. The third kappa shape index (κ3) is 5.35. The lowest BCUT2D eigenvalue weighted by Gasteiger charge is -2.15. The van der Waals surface area contributed by atoms with Gasteiger partial charge in [0.2, 0.25) is 0 Å². The number of nitrogens with one attached hydrogen (secondary N) is 1. The van der Waals surface area contributed by atoms with Crippen molar-refractivity contribution < 1.29 is 13.9 Å². The lowest BCUT2D eigenvalue weighted by molar-refractivity contribution is 0.282. The van der Waals surface area contributed by atoms with Crippen molar-refractivity contribution in [3.63, 3.8) is 0 Å². The number of hydrogen-bond donors (Lipinski definition) is 1. The molecule has 0 unspecified atom stereocenters. The highest BCUT2D eigenvalue weighted by molar-refractivity contribution is 14.1. The highest BCUT2D eigenvalue weighted by Crippen LogP contribution is 2.34. The number of benzene rings is 3. The van der Waals surface area contributed by atoms with Gasteiger partial charge < -0.3 is 14.8 Å². The monoisotopic (exact) mass is 477 g/mol. The van der Waals surface area contributed by atoms with E-state index in [0.29, 0.717) is 18.9 Å². The summed E-state index contributed by atoms with van der Waals surface area (Å²) in [5, 5.41) is 3.28. The van der Waals surface area contributed by atoms with Crippen LogP contribution in [-0.4, -0.2) is 7.11 Å². The molecule has 5 heteroatoms. The molecular weight excluding hydrogens is 456 g/mol. The summed E-state index contributed by atoms with van der Waals surface area (Å²) in [4.78, 5) is 0. The fraction of sp³-hybridized carbons (Fsp3) is 0.182. The van der Waals surface area contributed by atoms with E-state index in [0.717, 1.165) is 26.1 Å². The van der Waals surface area contributed by atoms with Crippen LogP contribution in [0.1, 0.15) is 16.7 Å². The molecule has 3 aromatic carbocycles. The van der Waals surface area contributed by atoms with E-state index < -0.39 is 0 Å². The molecule has 0 saturated heterocycles. The average molecular weight is 477 g/mol. The molecule has 140 valence electrons. The van der Waals surface area contributed by atoms with Crippen LogP contribution < -0.4 is 14.8 Å². The summed E-state index contributed by atoms with van der Waals surface area (Å²) in [6.45, 7) is 3.16. The Morgan fingerprint density at radius 3 is 2.33 bits per heavy atom. The van der Waals surface area contributed by atoms with Crippen molar-refractivity contribution in [2.75, 3.05) is 12.4 Å². The van der Waals surface area contributed by atoms with Crippen LogP contribution in [-0.2, 0) is 13.2 Å². The molecule has 27 heavy (non-hydrogen) atoms. The van der Waals surface area contributed by atoms with Crippen molar-refractivity contribution in [2.45, 2.75) is 20.1 Å². The van der Waals surface area contributed by atoms with Gasteiger partial charge in [-0.3, -0.25) is 0 Å². The third-order valence-electron chi connectivity index (χ3n) is 4.13. The van der Waals surface area contributed by atoms with E-state index in [9.17, 15) is 4.39 Å². The van der Waals surface area contributed by atoms with E-state index >= 15 is 0 Å². The zero-order valence-corrected chi connectivity index (χ0v) is 17.4. The fourth-order valence-corrected chi connectivity index (χ4v) is 3.45. The second kappa shape index (κ2) is 9.08. The molecule has 0 spiro atoms. The Kier molecular flexibility index (Phi) is 6.55. The van der Waals surface area contributed by atoms with Crippen molar-refractivity contribution >= 4 is 28.3 Å². The molecule has 0 amide bonds. The van der Waals surface area contributed by atoms with Crippen LogP contribution in [0, 0.1) is 16.3 Å². The van der Waals surface area contributed by atoms with Crippen LogP contribution >= 0.6 is 22.6 Å². The van der Waals surface area contributed by atoms with Crippen LogP contribution in [0.15, 0.2) is 60.7 Å². The van der Waals surface area contributed by atoms with Crippen molar-refractivity contribution in [1.29, 1.82) is 0 Å². The van der Waals surface area contributed by atoms with Gasteiger partial charge in [-0.2, -0.15) is 0 Å². The first kappa shape index (κ1) is 19.5. The van der Waals surface area contributed by atoms with Gasteiger partial charge in [0.1, 0.15) is 12.4 Å². The number of halogens is 2. The quantitative estimate of drug-likeness (QED) is 0.428. The van der Waals surface area contributed by atoms with Gasteiger partial charge in [-0.15, -0.1) is 0 Å². The molecule has 0 aromatic heterocycles. The lowest BCUT2D eigenvalue weighted by atomic mass is 10.1. The van der Waals surface area contributed by atoms with Gasteiger partial charge in [-0.25, -0.2) is 4.39 Å². The van der Waals surface area contributed by atoms with E-state index in [2.05, 4.69) is 65.2 Å². The van der Waals surface area contributed by atoms with Crippen LogP contribution in [0.5, 0.6) is 11.5 Å². The first-order chi connectivity index (χ1) is 13.0. The standard InChI is InChI=1S/C22H21FINO2/c1-15-3-5-16(6-4-15)14-27-22-20(24)11-17(12-21(22)26-2)13-25-19-9-7-18(23)8-10-19/h3-12,25H,13-14H2,1-2H3. The van der Waals surface area contributed by atoms with Gasteiger partial charge >= 0.3 is 0 Å². The number of rotatable bonds is 7. The summed E-state index contributed by atoms with van der Waals surface area (Å²) in [5.74, 6) is 1.20. The molecule has 0 aliphatic rings. The largest absolute Gasteiger partial charge is 0.493 e. The van der Waals surface area contributed by atoms with Crippen molar-refractivity contribution in [3.8, 4) is 11.5 Å². The number of ether oxygens (including phenoxy) is 2. The molecule has 0 radical (unpaired) electrons. The molecule has 1 N–H and O–H groups in total. The number of aryl methyl sites for hydroxylation is 1. The molecule has 0 saturated carbocycles. The summed E-state index contributed by atoms with van der Waals surface area (Å²) >= 11 is 2.26. The minimum Gasteiger partial charge on any atom is -0.493 e. The molecule has 0 atom stereocenters. The van der Waals surface area contributed by atoms with Gasteiger partial charge in [0.05, 0.1) is 10.7 Å². The van der Waals surface area contributed by atoms with Crippen molar-refractivity contribution in [1.82, 2.24) is 0 Å². The van der Waals surface area contributed by atoms with Gasteiger partial charge in [-0.05, 0) is 77.0 Å². The molecule has 0 fully saturated rings. The second-order valence-corrected chi connectivity index (χ2v) is 7.41. The molecule has 3 aromatic rings. The van der Waals surface area contributed by atoms with Gasteiger partial charge in [0, 0.05) is 12.2 Å². The van der Waals surface area contributed by atoms with E-state index in [1.165, 1.54) is 17.7 Å². The van der Waals surface area contributed by atoms with E-state index in [-0.39, 0.29) is 5.82 Å². The predicted molar refractivity (Wildman–Crippen MR) is 115 cm³/mol. The Hall–Kier alpha value is -2.28. The van der Waals surface area contributed by atoms with E-state index in [1.807, 2.05) is 6.07 Å². The molecule has 0 bridgehead atoms. The maximum absolute atomic E-state index is 13.0. The Balaban J connectivity index is 1.70. The predicted octanol–water partition coefficient (Wildman–Crippen LogP) is 5.94. The van der Waals surface area contributed by atoms with Gasteiger partial charge in [0.25, 0.3) is 0 Å². The van der Waals surface area contributed by atoms with Gasteiger partial charge in [0.15, 0.2) is 11.5 Å². The normalized spacial score (nSPS) is 10.5. The molecule has 3 nitrogen and oxygen atoms in total. The van der Waals surface area contributed by atoms with Gasteiger partial charge in [-0.1, -0.05) is 29.8 Å². The molecule has 0 heterocycles.